The van der Waals surface area contributed by atoms with E-state index in [0.29, 0.717) is 24.9 Å². The first-order valence-electron chi connectivity index (χ1n) is 9.65. The second-order valence-electron chi connectivity index (χ2n) is 7.25. The molecule has 1 unspecified atom stereocenters. The predicted octanol–water partition coefficient (Wildman–Crippen LogP) is 3.46. The minimum atomic E-state index is -0.772. The number of carboxylic acids is 1. The number of aliphatic carboxylic acids is 1. The summed E-state index contributed by atoms with van der Waals surface area (Å²) in [5.41, 5.74) is 3.67. The summed E-state index contributed by atoms with van der Waals surface area (Å²) in [6.45, 7) is 5.43. The summed E-state index contributed by atoms with van der Waals surface area (Å²) >= 11 is 0. The van der Waals surface area contributed by atoms with Gasteiger partial charge in [-0.05, 0) is 50.2 Å². The second-order valence-corrected chi connectivity index (χ2v) is 7.25. The summed E-state index contributed by atoms with van der Waals surface area (Å²) in [5, 5.41) is 13.4. The number of para-hydroxylation sites is 1. The number of hydrogen-bond donors (Lipinski definition) is 1. The Morgan fingerprint density at radius 3 is 2.78 bits per heavy atom. The van der Waals surface area contributed by atoms with Crippen LogP contribution in [0.3, 0.4) is 0 Å². The van der Waals surface area contributed by atoms with Crippen molar-refractivity contribution in [2.75, 3.05) is 13.1 Å². The summed E-state index contributed by atoms with van der Waals surface area (Å²) in [6, 6.07) is 8.02. The molecule has 1 aliphatic heterocycles. The van der Waals surface area contributed by atoms with Gasteiger partial charge in [0, 0.05) is 19.5 Å². The van der Waals surface area contributed by atoms with Crippen LogP contribution in [0, 0.1) is 12.8 Å². The second kappa shape index (κ2) is 8.37. The van der Waals surface area contributed by atoms with Gasteiger partial charge in [-0.3, -0.25) is 9.59 Å². The first-order chi connectivity index (χ1) is 13.0. The quantitative estimate of drug-likeness (QED) is 0.846. The highest BCUT2D eigenvalue weighted by atomic mass is 16.4. The number of rotatable bonds is 6. The molecule has 27 heavy (non-hydrogen) atoms. The lowest BCUT2D eigenvalue weighted by molar-refractivity contribution is -0.137. The maximum Gasteiger partial charge on any atom is 0.303 e. The Hall–Kier alpha value is -2.63. The van der Waals surface area contributed by atoms with Crippen LogP contribution in [0.25, 0.3) is 5.69 Å². The van der Waals surface area contributed by atoms with Gasteiger partial charge in [0.05, 0.1) is 23.1 Å². The van der Waals surface area contributed by atoms with Crippen molar-refractivity contribution in [1.82, 2.24) is 14.7 Å². The summed E-state index contributed by atoms with van der Waals surface area (Å²) in [5.74, 6) is -0.506. The molecule has 1 amide bonds. The van der Waals surface area contributed by atoms with E-state index in [1.807, 2.05) is 47.7 Å². The van der Waals surface area contributed by atoms with Crippen LogP contribution in [0.15, 0.2) is 30.5 Å². The van der Waals surface area contributed by atoms with Crippen molar-refractivity contribution in [3.8, 4) is 5.69 Å². The summed E-state index contributed by atoms with van der Waals surface area (Å²) in [4.78, 5) is 25.9. The number of likely N-dealkylation sites (tertiary alicyclic amines) is 1. The molecular weight excluding hydrogens is 342 g/mol. The van der Waals surface area contributed by atoms with Crippen LogP contribution in [0.5, 0.6) is 0 Å². The zero-order valence-electron chi connectivity index (χ0n) is 16.0. The first-order valence-corrected chi connectivity index (χ1v) is 9.65. The fourth-order valence-corrected chi connectivity index (χ4v) is 3.88. The molecule has 1 N–H and O–H groups in total. The summed E-state index contributed by atoms with van der Waals surface area (Å²) in [7, 11) is 0. The minimum Gasteiger partial charge on any atom is -0.481 e. The van der Waals surface area contributed by atoms with E-state index >= 15 is 0 Å². The Morgan fingerprint density at radius 1 is 1.30 bits per heavy atom. The molecule has 0 bridgehead atoms. The fourth-order valence-electron chi connectivity index (χ4n) is 3.88. The van der Waals surface area contributed by atoms with Crippen LogP contribution >= 0.6 is 0 Å². The van der Waals surface area contributed by atoms with E-state index in [4.69, 9.17) is 5.11 Å². The lowest BCUT2D eigenvalue weighted by atomic mass is 9.93. The third-order valence-electron chi connectivity index (χ3n) is 5.35. The number of piperidine rings is 1. The van der Waals surface area contributed by atoms with Gasteiger partial charge in [0.2, 0.25) is 0 Å². The Labute approximate surface area is 159 Å². The molecule has 1 saturated heterocycles. The van der Waals surface area contributed by atoms with Crippen molar-refractivity contribution < 1.29 is 14.7 Å². The van der Waals surface area contributed by atoms with Gasteiger partial charge >= 0.3 is 5.97 Å². The Kier molecular flexibility index (Phi) is 5.94. The largest absolute Gasteiger partial charge is 0.481 e. The summed E-state index contributed by atoms with van der Waals surface area (Å²) < 4.78 is 1.87. The number of aromatic nitrogens is 2. The molecule has 144 valence electrons. The maximum atomic E-state index is 13.1. The van der Waals surface area contributed by atoms with Gasteiger partial charge in [-0.15, -0.1) is 0 Å². The molecule has 6 heteroatoms. The number of benzene rings is 1. The van der Waals surface area contributed by atoms with Crippen LogP contribution < -0.4 is 0 Å². The standard InChI is InChI=1S/C21H27N3O3/c1-3-18-17(13-22-24(18)19-9-5-4-7-15(19)2)21(27)23-12-6-8-16(14-23)10-11-20(25)26/h4-5,7,9,13,16H,3,6,8,10-12,14H2,1-2H3,(H,25,26). The Morgan fingerprint density at radius 2 is 2.07 bits per heavy atom. The molecule has 0 spiro atoms. The van der Waals surface area contributed by atoms with Crippen LogP contribution in [0.1, 0.15) is 54.2 Å². The van der Waals surface area contributed by atoms with Gasteiger partial charge < -0.3 is 10.0 Å². The molecule has 0 radical (unpaired) electrons. The molecule has 2 aromatic rings. The zero-order chi connectivity index (χ0) is 19.4. The van der Waals surface area contributed by atoms with E-state index < -0.39 is 5.97 Å². The number of carbonyl (C=O) groups excluding carboxylic acids is 1. The smallest absolute Gasteiger partial charge is 0.303 e. The third-order valence-corrected chi connectivity index (χ3v) is 5.35. The van der Waals surface area contributed by atoms with Crippen LogP contribution in [-0.4, -0.2) is 44.8 Å². The molecule has 1 aromatic carbocycles. The average molecular weight is 369 g/mol. The van der Waals surface area contributed by atoms with E-state index in [2.05, 4.69) is 5.10 Å². The van der Waals surface area contributed by atoms with E-state index in [1.165, 1.54) is 0 Å². The lowest BCUT2D eigenvalue weighted by Crippen LogP contribution is -2.40. The highest BCUT2D eigenvalue weighted by molar-refractivity contribution is 5.95. The maximum absolute atomic E-state index is 13.1. The van der Waals surface area contributed by atoms with Crippen molar-refractivity contribution >= 4 is 11.9 Å². The number of carboxylic acid groups (broad SMARTS) is 1. The van der Waals surface area contributed by atoms with Crippen LogP contribution in [0.4, 0.5) is 0 Å². The van der Waals surface area contributed by atoms with Gasteiger partial charge in [-0.25, -0.2) is 4.68 Å². The van der Waals surface area contributed by atoms with Gasteiger partial charge in [0.1, 0.15) is 0 Å². The fraction of sp³-hybridized carbons (Fsp3) is 0.476. The number of hydrogen-bond acceptors (Lipinski definition) is 3. The molecular formula is C21H27N3O3. The van der Waals surface area contributed by atoms with Crippen LogP contribution in [-0.2, 0) is 11.2 Å². The lowest BCUT2D eigenvalue weighted by Gasteiger charge is -2.32. The molecule has 1 aliphatic rings. The van der Waals surface area contributed by atoms with Gasteiger partial charge in [0.25, 0.3) is 5.91 Å². The molecule has 1 aromatic heterocycles. The van der Waals surface area contributed by atoms with Crippen LogP contribution in [0.2, 0.25) is 0 Å². The van der Waals surface area contributed by atoms with Crippen molar-refractivity contribution in [2.45, 2.75) is 46.0 Å². The number of aryl methyl sites for hydroxylation is 1. The Bertz CT molecular complexity index is 828. The van der Waals surface area contributed by atoms with Crippen molar-refractivity contribution in [2.24, 2.45) is 5.92 Å². The van der Waals surface area contributed by atoms with Crippen molar-refractivity contribution in [1.29, 1.82) is 0 Å². The van der Waals surface area contributed by atoms with Gasteiger partial charge in [0.15, 0.2) is 0 Å². The first kappa shape index (κ1) is 19.1. The number of nitrogens with zero attached hydrogens (tertiary/aromatic N) is 3. The Balaban J connectivity index is 1.81. The molecule has 0 saturated carbocycles. The molecule has 1 fully saturated rings. The minimum absolute atomic E-state index is 0.00621. The third kappa shape index (κ3) is 4.21. The van der Waals surface area contributed by atoms with E-state index in [0.717, 1.165) is 36.3 Å². The number of carbonyl (C=O) groups is 2. The topological polar surface area (TPSA) is 75.4 Å². The highest BCUT2D eigenvalue weighted by Gasteiger charge is 2.27. The van der Waals surface area contributed by atoms with Crippen molar-refractivity contribution in [3.63, 3.8) is 0 Å². The SMILES string of the molecule is CCc1c(C(=O)N2CCCC(CCC(=O)O)C2)cnn1-c1ccccc1C. The monoisotopic (exact) mass is 369 g/mol. The normalized spacial score (nSPS) is 17.1. The highest BCUT2D eigenvalue weighted by Crippen LogP contribution is 2.25. The molecule has 1 atom stereocenters. The van der Waals surface area contributed by atoms with Gasteiger partial charge in [-0.2, -0.15) is 5.10 Å². The van der Waals surface area contributed by atoms with E-state index in [9.17, 15) is 9.59 Å². The van der Waals surface area contributed by atoms with E-state index in [1.54, 1.807) is 6.20 Å². The molecule has 6 nitrogen and oxygen atoms in total. The molecule has 3 rings (SSSR count). The predicted molar refractivity (Wildman–Crippen MR) is 103 cm³/mol. The van der Waals surface area contributed by atoms with Crippen molar-refractivity contribution in [3.05, 3.63) is 47.3 Å². The average Bonchev–Trinajstić information content (AvgIpc) is 3.10. The zero-order valence-corrected chi connectivity index (χ0v) is 16.0. The van der Waals surface area contributed by atoms with E-state index in [-0.39, 0.29) is 18.2 Å². The molecule has 0 aliphatic carbocycles. The summed E-state index contributed by atoms with van der Waals surface area (Å²) in [6.07, 6.45) is 5.09. The number of amides is 1. The molecule has 2 heterocycles. The van der Waals surface area contributed by atoms with Gasteiger partial charge in [-0.1, -0.05) is 25.1 Å².